The summed E-state index contributed by atoms with van der Waals surface area (Å²) >= 11 is 0. The first-order valence-electron chi connectivity index (χ1n) is 11.3. The van der Waals surface area contributed by atoms with Crippen molar-refractivity contribution in [3.8, 4) is 0 Å². The van der Waals surface area contributed by atoms with Crippen LogP contribution in [0.1, 0.15) is 44.6 Å². The van der Waals surface area contributed by atoms with Crippen molar-refractivity contribution in [3.05, 3.63) is 54.2 Å². The number of H-pyrrole nitrogens is 1. The summed E-state index contributed by atoms with van der Waals surface area (Å²) in [6, 6.07) is 7.54. The molecular weight excluding hydrogens is 446 g/mol. The number of fused-ring (bicyclic) bond motifs is 1. The molecule has 2 aromatic heterocycles. The Kier molecular flexibility index (Phi) is 6.70. The monoisotopic (exact) mass is 476 g/mol. The molecule has 1 atom stereocenters. The number of aromatic nitrogens is 3. The fourth-order valence-corrected chi connectivity index (χ4v) is 6.67. The molecule has 33 heavy (non-hydrogen) atoms. The van der Waals surface area contributed by atoms with E-state index in [1.165, 1.54) is 25.1 Å². The summed E-state index contributed by atoms with van der Waals surface area (Å²) in [7, 11) is -1.40. The molecule has 1 aromatic carbocycles. The lowest BCUT2D eigenvalue weighted by atomic mass is 9.86. The second-order valence-electron chi connectivity index (χ2n) is 9.29. The van der Waals surface area contributed by atoms with Crippen LogP contribution in [0.25, 0.3) is 11.0 Å². The normalized spacial score (nSPS) is 21.1. The minimum absolute atomic E-state index is 0.0670. The SMILES string of the molecule is CN(c1ncnc2[nH]ccc12)C1CCC(CS(=O)(=O)CCC(C)(F)c2cccc(F)c2)CC1. The number of anilines is 1. The molecule has 0 saturated heterocycles. The average Bonchev–Trinajstić information content (AvgIpc) is 3.27. The molecule has 2 heterocycles. The lowest BCUT2D eigenvalue weighted by molar-refractivity contribution is 0.185. The predicted molar refractivity (Wildman–Crippen MR) is 126 cm³/mol. The molecule has 4 rings (SSSR count). The van der Waals surface area contributed by atoms with Crippen molar-refractivity contribution < 1.29 is 17.2 Å². The molecular formula is C24H30F2N4O2S. The number of rotatable bonds is 8. The summed E-state index contributed by atoms with van der Waals surface area (Å²) < 4.78 is 53.9. The van der Waals surface area contributed by atoms with Crippen molar-refractivity contribution in [1.29, 1.82) is 0 Å². The summed E-state index contributed by atoms with van der Waals surface area (Å²) in [4.78, 5) is 13.9. The topological polar surface area (TPSA) is 79.0 Å². The number of alkyl halides is 1. The molecule has 9 heteroatoms. The molecule has 1 saturated carbocycles. The van der Waals surface area contributed by atoms with E-state index in [0.717, 1.165) is 48.6 Å². The van der Waals surface area contributed by atoms with Crippen molar-refractivity contribution in [1.82, 2.24) is 15.0 Å². The standard InChI is InChI=1S/C24H30F2N4O2S/c1-24(26,18-4-3-5-19(25)14-18)11-13-33(31,32)15-17-6-8-20(9-7-17)30(2)23-21-10-12-27-22(21)28-16-29-23/h3-5,10,12,14,16-17,20H,6-9,11,13,15H2,1-2H3,(H,27,28,29). The number of hydrogen-bond donors (Lipinski definition) is 1. The molecule has 0 spiro atoms. The first kappa shape index (κ1) is 23.6. The van der Waals surface area contributed by atoms with E-state index in [0.29, 0.717) is 0 Å². The molecule has 0 amide bonds. The van der Waals surface area contributed by atoms with E-state index in [1.807, 2.05) is 19.3 Å². The molecule has 1 N–H and O–H groups in total. The largest absolute Gasteiger partial charge is 0.356 e. The molecule has 6 nitrogen and oxygen atoms in total. The molecule has 0 bridgehead atoms. The maximum absolute atomic E-state index is 15.1. The van der Waals surface area contributed by atoms with Gasteiger partial charge in [-0.15, -0.1) is 0 Å². The van der Waals surface area contributed by atoms with Crippen LogP contribution in [0.15, 0.2) is 42.9 Å². The maximum Gasteiger partial charge on any atom is 0.150 e. The van der Waals surface area contributed by atoms with Crippen LogP contribution in [0.3, 0.4) is 0 Å². The van der Waals surface area contributed by atoms with E-state index in [2.05, 4.69) is 19.9 Å². The van der Waals surface area contributed by atoms with E-state index in [9.17, 15) is 12.8 Å². The van der Waals surface area contributed by atoms with Gasteiger partial charge in [-0.25, -0.2) is 27.2 Å². The minimum Gasteiger partial charge on any atom is -0.356 e. The molecule has 0 radical (unpaired) electrons. The van der Waals surface area contributed by atoms with Crippen LogP contribution < -0.4 is 4.90 Å². The van der Waals surface area contributed by atoms with Gasteiger partial charge < -0.3 is 9.88 Å². The highest BCUT2D eigenvalue weighted by Gasteiger charge is 2.32. The number of aromatic amines is 1. The van der Waals surface area contributed by atoms with E-state index in [4.69, 9.17) is 0 Å². The van der Waals surface area contributed by atoms with Crippen LogP contribution in [0.4, 0.5) is 14.6 Å². The predicted octanol–water partition coefficient (Wildman–Crippen LogP) is 4.78. The van der Waals surface area contributed by atoms with Gasteiger partial charge in [0.05, 0.1) is 16.9 Å². The molecule has 3 aromatic rings. The van der Waals surface area contributed by atoms with E-state index < -0.39 is 21.3 Å². The zero-order chi connectivity index (χ0) is 23.6. The fraction of sp³-hybridized carbons (Fsp3) is 0.500. The van der Waals surface area contributed by atoms with Crippen molar-refractivity contribution in [3.63, 3.8) is 0 Å². The lowest BCUT2D eigenvalue weighted by Gasteiger charge is -2.35. The van der Waals surface area contributed by atoms with Crippen LogP contribution in [-0.4, -0.2) is 48.0 Å². The zero-order valence-electron chi connectivity index (χ0n) is 19.0. The van der Waals surface area contributed by atoms with Crippen LogP contribution >= 0.6 is 0 Å². The van der Waals surface area contributed by atoms with Gasteiger partial charge in [0, 0.05) is 19.3 Å². The van der Waals surface area contributed by atoms with Gasteiger partial charge in [0.2, 0.25) is 0 Å². The van der Waals surface area contributed by atoms with Crippen LogP contribution in [0.5, 0.6) is 0 Å². The quantitative estimate of drug-likeness (QED) is 0.506. The third kappa shape index (κ3) is 5.51. The van der Waals surface area contributed by atoms with Crippen molar-refractivity contribution >= 4 is 26.7 Å². The highest BCUT2D eigenvalue weighted by molar-refractivity contribution is 7.91. The number of nitrogens with zero attached hydrogens (tertiary/aromatic N) is 3. The average molecular weight is 477 g/mol. The van der Waals surface area contributed by atoms with E-state index in [-0.39, 0.29) is 35.4 Å². The maximum atomic E-state index is 15.1. The molecule has 0 aliphatic heterocycles. The van der Waals surface area contributed by atoms with Crippen molar-refractivity contribution in [2.24, 2.45) is 5.92 Å². The summed E-state index contributed by atoms with van der Waals surface area (Å²) in [5.74, 6) is 0.232. The Hall–Kier alpha value is -2.55. The second-order valence-corrected chi connectivity index (χ2v) is 11.5. The number of halogens is 2. The zero-order valence-corrected chi connectivity index (χ0v) is 19.8. The Labute approximate surface area is 193 Å². The molecule has 178 valence electrons. The lowest BCUT2D eigenvalue weighted by Crippen LogP contribution is -2.37. The van der Waals surface area contributed by atoms with Crippen LogP contribution in [0, 0.1) is 11.7 Å². The van der Waals surface area contributed by atoms with Gasteiger partial charge in [-0.05, 0) is 68.7 Å². The highest BCUT2D eigenvalue weighted by Crippen LogP contribution is 2.34. The summed E-state index contributed by atoms with van der Waals surface area (Å²) in [6.07, 6.45) is 6.55. The minimum atomic E-state index is -3.42. The number of benzene rings is 1. The third-order valence-corrected chi connectivity index (χ3v) is 8.64. The van der Waals surface area contributed by atoms with Gasteiger partial charge in [-0.2, -0.15) is 0 Å². The first-order chi connectivity index (χ1) is 15.6. The van der Waals surface area contributed by atoms with Crippen molar-refractivity contribution in [2.75, 3.05) is 23.5 Å². The Morgan fingerprint density at radius 2 is 1.94 bits per heavy atom. The highest BCUT2D eigenvalue weighted by atomic mass is 32.2. The smallest absolute Gasteiger partial charge is 0.150 e. The van der Waals surface area contributed by atoms with Gasteiger partial charge in [-0.1, -0.05) is 12.1 Å². The van der Waals surface area contributed by atoms with Gasteiger partial charge in [-0.3, -0.25) is 0 Å². The summed E-state index contributed by atoms with van der Waals surface area (Å²) in [5, 5.41) is 0.970. The van der Waals surface area contributed by atoms with Gasteiger partial charge in [0.1, 0.15) is 29.3 Å². The number of nitrogens with one attached hydrogen (secondary N) is 1. The molecule has 1 unspecified atom stereocenters. The number of sulfone groups is 1. The fourth-order valence-electron chi connectivity index (χ4n) is 4.76. The summed E-state index contributed by atoms with van der Waals surface area (Å²) in [5.41, 5.74) is -0.927. The second kappa shape index (κ2) is 9.37. The van der Waals surface area contributed by atoms with Crippen LogP contribution in [0.2, 0.25) is 0 Å². The molecule has 1 fully saturated rings. The van der Waals surface area contributed by atoms with Gasteiger partial charge in [0.25, 0.3) is 0 Å². The third-order valence-electron chi connectivity index (χ3n) is 6.83. The Bertz CT molecular complexity index is 1200. The van der Waals surface area contributed by atoms with Crippen LogP contribution in [-0.2, 0) is 15.5 Å². The van der Waals surface area contributed by atoms with E-state index >= 15 is 4.39 Å². The van der Waals surface area contributed by atoms with Crippen molar-refractivity contribution in [2.45, 2.75) is 50.7 Å². The number of hydrogen-bond acceptors (Lipinski definition) is 5. The first-order valence-corrected chi connectivity index (χ1v) is 13.1. The van der Waals surface area contributed by atoms with E-state index in [1.54, 1.807) is 6.33 Å². The Morgan fingerprint density at radius 3 is 2.67 bits per heavy atom. The van der Waals surface area contributed by atoms with Gasteiger partial charge >= 0.3 is 0 Å². The molecule has 1 aliphatic carbocycles. The Morgan fingerprint density at radius 1 is 1.18 bits per heavy atom. The Balaban J connectivity index is 1.31. The van der Waals surface area contributed by atoms with Gasteiger partial charge in [0.15, 0.2) is 9.84 Å². The molecule has 1 aliphatic rings. The summed E-state index contributed by atoms with van der Waals surface area (Å²) in [6.45, 7) is 1.31.